The second kappa shape index (κ2) is 10.3. The van der Waals surface area contributed by atoms with Crippen LogP contribution in [0.1, 0.15) is 57.3 Å². The molecule has 1 aliphatic carbocycles. The maximum atomic E-state index is 10.8. The summed E-state index contributed by atoms with van der Waals surface area (Å²) < 4.78 is 8.10. The van der Waals surface area contributed by atoms with Crippen molar-refractivity contribution in [2.24, 2.45) is 5.92 Å². The lowest BCUT2D eigenvalue weighted by atomic mass is 9.97. The van der Waals surface area contributed by atoms with Gasteiger partial charge in [-0.2, -0.15) is 0 Å². The third-order valence-electron chi connectivity index (χ3n) is 7.06. The largest absolute Gasteiger partial charge is 0.407 e. The fraction of sp³-hybridized carbons (Fsp3) is 0.379. The lowest BCUT2D eigenvalue weighted by Crippen LogP contribution is -2.66. The molecule has 1 N–H and O–H groups in total. The van der Waals surface area contributed by atoms with Crippen LogP contribution in [0.25, 0.3) is 0 Å². The summed E-state index contributed by atoms with van der Waals surface area (Å²) in [5.41, 5.74) is 2.39. The van der Waals surface area contributed by atoms with Gasteiger partial charge in [-0.25, -0.2) is 0 Å². The molecule has 0 saturated carbocycles. The first-order chi connectivity index (χ1) is 15.8. The number of hydrogen-bond acceptors (Lipinski definition) is 2. The van der Waals surface area contributed by atoms with E-state index in [9.17, 15) is 5.11 Å². The number of unbranched alkanes of at least 4 members (excludes halogenated alkanes) is 1. The van der Waals surface area contributed by atoms with E-state index < -0.39 is 8.32 Å². The molecule has 0 aliphatic heterocycles. The fourth-order valence-electron chi connectivity index (χ4n) is 5.44. The highest BCUT2D eigenvalue weighted by molar-refractivity contribution is 9.10. The molecule has 0 bridgehead atoms. The van der Waals surface area contributed by atoms with Crippen LogP contribution < -0.4 is 10.4 Å². The van der Waals surface area contributed by atoms with Gasteiger partial charge >= 0.3 is 0 Å². The number of fused-ring (bicyclic) bond motifs is 1. The van der Waals surface area contributed by atoms with Gasteiger partial charge in [0.25, 0.3) is 8.32 Å². The molecule has 0 fully saturated rings. The molecule has 0 aromatic heterocycles. The molecule has 4 rings (SSSR count). The van der Waals surface area contributed by atoms with E-state index in [1.165, 1.54) is 15.9 Å². The first-order valence-electron chi connectivity index (χ1n) is 12.0. The summed E-state index contributed by atoms with van der Waals surface area (Å²) in [6.07, 6.45) is 3.72. The lowest BCUT2D eigenvalue weighted by Gasteiger charge is -2.43. The Balaban J connectivity index is 1.44. The fourth-order valence-corrected chi connectivity index (χ4v) is 10.5. The van der Waals surface area contributed by atoms with Gasteiger partial charge < -0.3 is 9.53 Å². The molecule has 174 valence electrons. The SMILES string of the molecule is CC(C)(C)[Si](OCCCCC1Cc2cc(Br)ccc2C1O)(c1ccccc1)c1ccccc1. The van der Waals surface area contributed by atoms with E-state index in [1.807, 2.05) is 6.07 Å². The number of aliphatic hydroxyl groups excluding tert-OH is 1. The van der Waals surface area contributed by atoms with Gasteiger partial charge in [0.2, 0.25) is 0 Å². The molecule has 0 heterocycles. The van der Waals surface area contributed by atoms with Crippen LogP contribution in [-0.2, 0) is 10.8 Å². The van der Waals surface area contributed by atoms with Crippen LogP contribution in [0.5, 0.6) is 0 Å². The molecule has 3 aromatic carbocycles. The Kier molecular flexibility index (Phi) is 7.59. The van der Waals surface area contributed by atoms with Crippen molar-refractivity contribution in [2.45, 2.75) is 57.6 Å². The summed E-state index contributed by atoms with van der Waals surface area (Å²) in [6.45, 7) is 7.71. The van der Waals surface area contributed by atoms with Crippen molar-refractivity contribution < 1.29 is 9.53 Å². The Labute approximate surface area is 208 Å². The quantitative estimate of drug-likeness (QED) is 0.274. The molecular formula is C29H35BrO2Si. The summed E-state index contributed by atoms with van der Waals surface area (Å²) in [5, 5.41) is 13.4. The van der Waals surface area contributed by atoms with E-state index in [2.05, 4.69) is 109 Å². The Morgan fingerprint density at radius 3 is 2.09 bits per heavy atom. The van der Waals surface area contributed by atoms with E-state index in [0.717, 1.165) is 42.3 Å². The third kappa shape index (κ3) is 5.04. The molecule has 0 radical (unpaired) electrons. The summed E-state index contributed by atoms with van der Waals surface area (Å²) >= 11 is 3.56. The highest BCUT2D eigenvalue weighted by Crippen LogP contribution is 2.40. The Bertz CT molecular complexity index is 1010. The van der Waals surface area contributed by atoms with Crippen LogP contribution in [0, 0.1) is 5.92 Å². The highest BCUT2D eigenvalue weighted by Gasteiger charge is 2.49. The first kappa shape index (κ1) is 24.4. The van der Waals surface area contributed by atoms with Gasteiger partial charge in [0.1, 0.15) is 0 Å². The normalized spacial score (nSPS) is 18.3. The predicted molar refractivity (Wildman–Crippen MR) is 144 cm³/mol. The number of benzene rings is 3. The highest BCUT2D eigenvalue weighted by atomic mass is 79.9. The summed E-state index contributed by atoms with van der Waals surface area (Å²) in [4.78, 5) is 0. The van der Waals surface area contributed by atoms with E-state index in [-0.39, 0.29) is 11.1 Å². The van der Waals surface area contributed by atoms with Crippen LogP contribution in [0.4, 0.5) is 0 Å². The first-order valence-corrected chi connectivity index (χ1v) is 14.7. The molecule has 33 heavy (non-hydrogen) atoms. The minimum Gasteiger partial charge on any atom is -0.407 e. The Hall–Kier alpha value is -1.72. The topological polar surface area (TPSA) is 29.5 Å². The lowest BCUT2D eigenvalue weighted by molar-refractivity contribution is 0.115. The Morgan fingerprint density at radius 2 is 1.52 bits per heavy atom. The smallest absolute Gasteiger partial charge is 0.261 e. The van der Waals surface area contributed by atoms with Crippen LogP contribution in [0.3, 0.4) is 0 Å². The minimum absolute atomic E-state index is 0.00633. The van der Waals surface area contributed by atoms with E-state index in [4.69, 9.17) is 4.43 Å². The monoisotopic (exact) mass is 522 g/mol. The van der Waals surface area contributed by atoms with Crippen molar-refractivity contribution in [2.75, 3.05) is 6.61 Å². The van der Waals surface area contributed by atoms with Crippen molar-refractivity contribution in [3.63, 3.8) is 0 Å². The average Bonchev–Trinajstić information content (AvgIpc) is 3.11. The van der Waals surface area contributed by atoms with E-state index in [1.54, 1.807) is 0 Å². The van der Waals surface area contributed by atoms with Gasteiger partial charge in [-0.1, -0.05) is 110 Å². The van der Waals surface area contributed by atoms with Gasteiger partial charge in [-0.05, 0) is 63.9 Å². The number of hydrogen-bond donors (Lipinski definition) is 1. The molecule has 3 aromatic rings. The standard InChI is InChI=1S/C29H35BrO2Si/c1-29(2,3)33(25-13-6-4-7-14-25,26-15-8-5-9-16-26)32-19-11-10-12-22-20-23-21-24(30)17-18-27(23)28(22)31/h4-9,13-18,21-22,28,31H,10-12,19-20H2,1-3H3. The molecule has 0 saturated heterocycles. The summed E-state index contributed by atoms with van der Waals surface area (Å²) in [7, 11) is -2.46. The second-order valence-electron chi connectivity index (χ2n) is 10.3. The summed E-state index contributed by atoms with van der Waals surface area (Å²) in [6, 6.07) is 27.9. The van der Waals surface area contributed by atoms with Gasteiger partial charge in [0.05, 0.1) is 6.10 Å². The van der Waals surface area contributed by atoms with Crippen LogP contribution >= 0.6 is 15.9 Å². The molecule has 4 heteroatoms. The molecular weight excluding hydrogens is 488 g/mol. The molecule has 2 atom stereocenters. The molecule has 0 spiro atoms. The van der Waals surface area contributed by atoms with Crippen molar-refractivity contribution in [3.05, 3.63) is 94.5 Å². The number of halogens is 1. The molecule has 2 unspecified atom stereocenters. The maximum Gasteiger partial charge on any atom is 0.261 e. The molecule has 2 nitrogen and oxygen atoms in total. The van der Waals surface area contributed by atoms with Crippen molar-refractivity contribution in [3.8, 4) is 0 Å². The maximum absolute atomic E-state index is 10.8. The van der Waals surface area contributed by atoms with Crippen molar-refractivity contribution >= 4 is 34.6 Å². The Morgan fingerprint density at radius 1 is 0.909 bits per heavy atom. The minimum atomic E-state index is -2.46. The van der Waals surface area contributed by atoms with E-state index >= 15 is 0 Å². The van der Waals surface area contributed by atoms with Gasteiger partial charge in [0.15, 0.2) is 0 Å². The third-order valence-corrected chi connectivity index (χ3v) is 12.6. The van der Waals surface area contributed by atoms with Crippen LogP contribution in [-0.4, -0.2) is 20.0 Å². The van der Waals surface area contributed by atoms with Gasteiger partial charge in [-0.15, -0.1) is 0 Å². The predicted octanol–water partition coefficient (Wildman–Crippen LogP) is 6.40. The summed E-state index contributed by atoms with van der Waals surface area (Å²) in [5.74, 6) is 0.308. The van der Waals surface area contributed by atoms with Gasteiger partial charge in [0, 0.05) is 11.1 Å². The molecule has 1 aliphatic rings. The van der Waals surface area contributed by atoms with E-state index in [0.29, 0.717) is 5.92 Å². The zero-order valence-electron chi connectivity index (χ0n) is 19.9. The average molecular weight is 524 g/mol. The van der Waals surface area contributed by atoms with Crippen molar-refractivity contribution in [1.29, 1.82) is 0 Å². The van der Waals surface area contributed by atoms with Gasteiger partial charge in [-0.3, -0.25) is 0 Å². The number of rotatable bonds is 8. The molecule has 0 amide bonds. The second-order valence-corrected chi connectivity index (χ2v) is 15.5. The van der Waals surface area contributed by atoms with Crippen LogP contribution in [0.2, 0.25) is 5.04 Å². The van der Waals surface area contributed by atoms with Crippen molar-refractivity contribution in [1.82, 2.24) is 0 Å². The zero-order chi connectivity index (χ0) is 23.5. The zero-order valence-corrected chi connectivity index (χ0v) is 22.5. The number of aliphatic hydroxyl groups is 1. The van der Waals surface area contributed by atoms with Crippen LogP contribution in [0.15, 0.2) is 83.3 Å².